The van der Waals surface area contributed by atoms with Crippen LogP contribution in [-0.2, 0) is 0 Å². The molecule has 1 fully saturated rings. The summed E-state index contributed by atoms with van der Waals surface area (Å²) in [6.45, 7) is 0. The minimum Gasteiger partial charge on any atom is -0.212 e. The molecule has 5 heteroatoms. The first-order valence-electron chi connectivity index (χ1n) is 1.41. The zero-order chi connectivity index (χ0) is 5.71. The highest BCUT2D eigenvalue weighted by molar-refractivity contribution is 14.1. The van der Waals surface area contributed by atoms with E-state index in [-0.39, 0.29) is 11.8 Å². The van der Waals surface area contributed by atoms with E-state index >= 15 is 0 Å². The van der Waals surface area contributed by atoms with Crippen LogP contribution in [0.3, 0.4) is 0 Å². The molecule has 1 atom stereocenters. The molecule has 1 saturated heterocycles. The van der Waals surface area contributed by atoms with E-state index in [0.717, 1.165) is 22.6 Å². The van der Waals surface area contributed by atoms with E-state index in [1.807, 2.05) is 0 Å². The molecule has 0 saturated carbocycles. The number of hydrogen-bond acceptors (Lipinski definition) is 1. The van der Waals surface area contributed by atoms with Crippen LogP contribution in [-0.4, -0.2) is 8.26 Å². The number of thioether (sulfide) groups is 1. The minimum atomic E-state index is -3.12. The van der Waals surface area contributed by atoms with Gasteiger partial charge in [-0.1, -0.05) is 0 Å². The molecule has 0 radical (unpaired) electrons. The topological polar surface area (TPSA) is 0 Å². The van der Waals surface area contributed by atoms with Crippen molar-refractivity contribution in [2.75, 3.05) is 0 Å². The summed E-state index contributed by atoms with van der Waals surface area (Å²) in [5, 5.41) is -3.12. The van der Waals surface area contributed by atoms with Gasteiger partial charge >= 0.3 is 5.25 Å². The third kappa shape index (κ3) is 0.847. The SMILES string of the molecule is FC1(F)SC1(F)I. The van der Waals surface area contributed by atoms with Gasteiger partial charge in [-0.2, -0.15) is 8.78 Å². The second kappa shape index (κ2) is 1.23. The molecule has 0 aromatic carbocycles. The van der Waals surface area contributed by atoms with Crippen LogP contribution in [0.25, 0.3) is 0 Å². The van der Waals surface area contributed by atoms with Gasteiger partial charge in [-0.3, -0.25) is 0 Å². The van der Waals surface area contributed by atoms with Crippen LogP contribution in [0.4, 0.5) is 13.2 Å². The molecule has 0 spiro atoms. The van der Waals surface area contributed by atoms with Crippen molar-refractivity contribution >= 4 is 34.4 Å². The molecule has 0 N–H and O–H groups in total. The fraction of sp³-hybridized carbons (Fsp3) is 1.00. The van der Waals surface area contributed by atoms with E-state index in [2.05, 4.69) is 0 Å². The van der Waals surface area contributed by atoms with Gasteiger partial charge in [0.15, 0.2) is 0 Å². The van der Waals surface area contributed by atoms with Crippen molar-refractivity contribution in [2.45, 2.75) is 8.26 Å². The van der Waals surface area contributed by atoms with Crippen LogP contribution >= 0.6 is 34.4 Å². The summed E-state index contributed by atoms with van der Waals surface area (Å²) in [6, 6.07) is 0. The maximum atomic E-state index is 11.8. The third-order valence-corrected chi connectivity index (χ3v) is 3.10. The Morgan fingerprint density at radius 2 is 1.43 bits per heavy atom. The number of alkyl halides is 4. The smallest absolute Gasteiger partial charge is 0.212 e. The maximum absolute atomic E-state index is 11.8. The Morgan fingerprint density at radius 1 is 1.29 bits per heavy atom. The molecule has 42 valence electrons. The van der Waals surface area contributed by atoms with Crippen molar-refractivity contribution in [1.29, 1.82) is 0 Å². The van der Waals surface area contributed by atoms with Crippen LogP contribution in [0, 0.1) is 0 Å². The van der Waals surface area contributed by atoms with Crippen LogP contribution in [0.15, 0.2) is 0 Å². The third-order valence-electron chi connectivity index (χ3n) is 0.554. The largest absolute Gasteiger partial charge is 0.349 e. The second-order valence-electron chi connectivity index (χ2n) is 1.14. The monoisotopic (exact) mass is 240 g/mol. The molecule has 0 aromatic heterocycles. The fourth-order valence-corrected chi connectivity index (χ4v) is 1.24. The fourth-order valence-electron chi connectivity index (χ4n) is 0.135. The Labute approximate surface area is 56.0 Å². The van der Waals surface area contributed by atoms with Crippen molar-refractivity contribution in [3.63, 3.8) is 0 Å². The zero-order valence-corrected chi connectivity index (χ0v) is 5.89. The van der Waals surface area contributed by atoms with Gasteiger partial charge in [0.25, 0.3) is 3.01 Å². The van der Waals surface area contributed by atoms with Crippen LogP contribution in [0.5, 0.6) is 0 Å². The van der Waals surface area contributed by atoms with Gasteiger partial charge in [-0.05, 0) is 34.4 Å². The minimum absolute atomic E-state index is 0.0376. The van der Waals surface area contributed by atoms with Gasteiger partial charge in [0.2, 0.25) is 0 Å². The van der Waals surface area contributed by atoms with E-state index in [9.17, 15) is 13.2 Å². The van der Waals surface area contributed by atoms with E-state index in [1.54, 1.807) is 0 Å². The Kier molecular flexibility index (Phi) is 1.05. The van der Waals surface area contributed by atoms with E-state index in [4.69, 9.17) is 0 Å². The number of halogens is 4. The Balaban J connectivity index is 2.59. The summed E-state index contributed by atoms with van der Waals surface area (Å²) >= 11 is 1.12. The number of rotatable bonds is 0. The van der Waals surface area contributed by atoms with Gasteiger partial charge < -0.3 is 0 Å². The summed E-state index contributed by atoms with van der Waals surface area (Å²) in [5.74, 6) is 0. The van der Waals surface area contributed by atoms with Crippen LogP contribution < -0.4 is 0 Å². The molecule has 0 amide bonds. The Hall–Kier alpha value is 0.870. The highest BCUT2D eigenvalue weighted by Gasteiger charge is 2.74. The highest BCUT2D eigenvalue weighted by Crippen LogP contribution is 2.70. The van der Waals surface area contributed by atoms with Crippen LogP contribution in [0.1, 0.15) is 0 Å². The lowest BCUT2D eigenvalue weighted by Gasteiger charge is -1.86. The molecule has 0 aliphatic carbocycles. The van der Waals surface area contributed by atoms with Crippen molar-refractivity contribution in [1.82, 2.24) is 0 Å². The van der Waals surface area contributed by atoms with E-state index < -0.39 is 8.26 Å². The van der Waals surface area contributed by atoms with E-state index in [0.29, 0.717) is 0 Å². The molecule has 0 nitrogen and oxygen atoms in total. The molecule has 1 rings (SSSR count). The summed E-state index contributed by atoms with van der Waals surface area (Å²) in [6.07, 6.45) is 0. The number of hydrogen-bond donors (Lipinski definition) is 0. The van der Waals surface area contributed by atoms with Crippen molar-refractivity contribution in [3.8, 4) is 0 Å². The maximum Gasteiger partial charge on any atom is 0.349 e. The molecular formula is C2F3IS. The molecule has 1 unspecified atom stereocenters. The standard InChI is InChI=1S/C2F3IS/c3-1(4)2(5,6)7-1. The van der Waals surface area contributed by atoms with E-state index in [1.165, 1.54) is 0 Å². The average molecular weight is 240 g/mol. The quantitative estimate of drug-likeness (QED) is 0.356. The van der Waals surface area contributed by atoms with Gasteiger partial charge in [-0.15, -0.1) is 0 Å². The second-order valence-corrected chi connectivity index (χ2v) is 4.63. The lowest BCUT2D eigenvalue weighted by atomic mass is 10.8. The first-order valence-corrected chi connectivity index (χ1v) is 3.31. The van der Waals surface area contributed by atoms with Crippen LogP contribution in [0.2, 0.25) is 0 Å². The Bertz CT molecular complexity index is 89.1. The molecule has 1 heterocycles. The predicted molar refractivity (Wildman–Crippen MR) is 30.4 cm³/mol. The summed E-state index contributed by atoms with van der Waals surface area (Å²) in [4.78, 5) is 0. The van der Waals surface area contributed by atoms with Crippen molar-refractivity contribution in [3.05, 3.63) is 0 Å². The zero-order valence-electron chi connectivity index (χ0n) is 2.92. The normalized spacial score (nSPS) is 46.3. The summed E-state index contributed by atoms with van der Waals surface area (Å²) in [7, 11) is 0. The Morgan fingerprint density at radius 3 is 1.43 bits per heavy atom. The summed E-state index contributed by atoms with van der Waals surface area (Å²) < 4.78 is 32.5. The van der Waals surface area contributed by atoms with Gasteiger partial charge in [0, 0.05) is 0 Å². The summed E-state index contributed by atoms with van der Waals surface area (Å²) in [5.41, 5.74) is 0. The lowest BCUT2D eigenvalue weighted by Crippen LogP contribution is -2.00. The average Bonchev–Trinajstić information content (AvgIpc) is 1.63. The van der Waals surface area contributed by atoms with Gasteiger partial charge in [-0.25, -0.2) is 4.39 Å². The van der Waals surface area contributed by atoms with Crippen molar-refractivity contribution in [2.24, 2.45) is 0 Å². The molecular weight excluding hydrogens is 240 g/mol. The van der Waals surface area contributed by atoms with Gasteiger partial charge in [0.05, 0.1) is 0 Å². The predicted octanol–water partition coefficient (Wildman–Crippen LogP) is 2.38. The lowest BCUT2D eigenvalue weighted by molar-refractivity contribution is 0.0981. The molecule has 0 bridgehead atoms. The van der Waals surface area contributed by atoms with Crippen molar-refractivity contribution < 1.29 is 13.2 Å². The molecule has 7 heavy (non-hydrogen) atoms. The van der Waals surface area contributed by atoms with Gasteiger partial charge in [0.1, 0.15) is 0 Å². The first kappa shape index (κ1) is 6.00. The first-order chi connectivity index (χ1) is 2.96. The molecule has 0 aromatic rings. The molecule has 1 aliphatic heterocycles. The molecule has 1 aliphatic rings. The highest BCUT2D eigenvalue weighted by atomic mass is 127.